The van der Waals surface area contributed by atoms with E-state index in [1.807, 2.05) is 48.5 Å². The first kappa shape index (κ1) is 17.7. The summed E-state index contributed by atoms with van der Waals surface area (Å²) in [6.07, 6.45) is 0.158. The van der Waals surface area contributed by atoms with E-state index in [1.54, 1.807) is 13.2 Å². The molecule has 0 saturated carbocycles. The maximum atomic E-state index is 12.2. The lowest BCUT2D eigenvalue weighted by Crippen LogP contribution is -2.14. The predicted octanol–water partition coefficient (Wildman–Crippen LogP) is 4.65. The van der Waals surface area contributed by atoms with Crippen molar-refractivity contribution in [3.8, 4) is 17.1 Å². The molecule has 1 N–H and O–H groups in total. The molecule has 0 aliphatic rings. The zero-order valence-electron chi connectivity index (χ0n) is 15.2. The Labute approximate surface area is 153 Å². The van der Waals surface area contributed by atoms with E-state index >= 15 is 0 Å². The number of methoxy groups -OCH3 is 1. The maximum Gasteiger partial charge on any atom is 0.230 e. The molecule has 0 unspecified atom stereocenters. The van der Waals surface area contributed by atoms with Crippen LogP contribution in [0.25, 0.3) is 11.3 Å². The van der Waals surface area contributed by atoms with E-state index in [0.717, 1.165) is 17.0 Å². The van der Waals surface area contributed by atoms with Gasteiger partial charge in [0.1, 0.15) is 5.75 Å². The first-order chi connectivity index (χ1) is 12.5. The molecule has 1 heterocycles. The fraction of sp³-hybridized carbons (Fsp3) is 0.238. The molecule has 0 fully saturated rings. The van der Waals surface area contributed by atoms with Gasteiger partial charge in [0.2, 0.25) is 5.91 Å². The molecule has 0 aliphatic carbocycles. The van der Waals surface area contributed by atoms with Crippen LogP contribution in [-0.4, -0.2) is 18.2 Å². The number of hydrogen-bond acceptors (Lipinski definition) is 4. The summed E-state index contributed by atoms with van der Waals surface area (Å²) in [6, 6.07) is 17.1. The van der Waals surface area contributed by atoms with Gasteiger partial charge in [-0.2, -0.15) is 0 Å². The number of hydrogen-bond donors (Lipinski definition) is 1. The third-order valence-electron chi connectivity index (χ3n) is 4.14. The summed E-state index contributed by atoms with van der Waals surface area (Å²) in [4.78, 5) is 12.2. The first-order valence-corrected chi connectivity index (χ1v) is 8.55. The fourth-order valence-corrected chi connectivity index (χ4v) is 2.61. The predicted molar refractivity (Wildman–Crippen MR) is 101 cm³/mol. The smallest absolute Gasteiger partial charge is 0.230 e. The lowest BCUT2D eigenvalue weighted by atomic mass is 10.0. The summed E-state index contributed by atoms with van der Waals surface area (Å²) in [7, 11) is 1.62. The van der Waals surface area contributed by atoms with Gasteiger partial charge in [-0.15, -0.1) is 0 Å². The van der Waals surface area contributed by atoms with Crippen LogP contribution in [-0.2, 0) is 11.2 Å². The summed E-state index contributed by atoms with van der Waals surface area (Å²) < 4.78 is 10.5. The number of anilines is 1. The van der Waals surface area contributed by atoms with E-state index in [9.17, 15) is 4.79 Å². The lowest BCUT2D eigenvalue weighted by molar-refractivity contribution is -0.115. The Morgan fingerprint density at radius 2 is 1.81 bits per heavy atom. The monoisotopic (exact) mass is 350 g/mol. The summed E-state index contributed by atoms with van der Waals surface area (Å²) in [5.74, 6) is 1.73. The highest BCUT2D eigenvalue weighted by atomic mass is 16.5. The minimum absolute atomic E-state index is 0.128. The average molecular weight is 350 g/mol. The Hall–Kier alpha value is -3.08. The van der Waals surface area contributed by atoms with Gasteiger partial charge in [-0.05, 0) is 47.9 Å². The van der Waals surface area contributed by atoms with Crippen molar-refractivity contribution in [3.05, 3.63) is 65.9 Å². The molecular weight excluding hydrogens is 328 g/mol. The largest absolute Gasteiger partial charge is 0.497 e. The summed E-state index contributed by atoms with van der Waals surface area (Å²) in [6.45, 7) is 4.27. The van der Waals surface area contributed by atoms with Gasteiger partial charge in [0.15, 0.2) is 5.76 Å². The number of nitrogens with one attached hydrogen (secondary N) is 1. The number of amides is 1. The molecule has 0 bridgehead atoms. The molecule has 26 heavy (non-hydrogen) atoms. The molecule has 0 aliphatic heterocycles. The molecule has 0 spiro atoms. The molecular formula is C21H22N2O3. The van der Waals surface area contributed by atoms with E-state index in [0.29, 0.717) is 17.4 Å². The number of ether oxygens (including phenoxy) is 1. The standard InChI is InChI=1S/C21H22N2O3/c1-14(2)15-4-8-17(9-5-15)22-21(24)13-18-12-20(26-23-18)16-6-10-19(25-3)11-7-16/h4-12,14H,13H2,1-3H3,(H,22,24). The Bertz CT molecular complexity index is 865. The average Bonchev–Trinajstić information content (AvgIpc) is 3.10. The third kappa shape index (κ3) is 4.30. The van der Waals surface area contributed by atoms with Gasteiger partial charge in [0.25, 0.3) is 0 Å². The van der Waals surface area contributed by atoms with Crippen molar-refractivity contribution in [2.75, 3.05) is 12.4 Å². The van der Waals surface area contributed by atoms with Crippen LogP contribution in [0.4, 0.5) is 5.69 Å². The quantitative estimate of drug-likeness (QED) is 0.702. The molecule has 2 aromatic carbocycles. The Kier molecular flexibility index (Phi) is 5.37. The number of benzene rings is 2. The molecule has 0 radical (unpaired) electrons. The van der Waals surface area contributed by atoms with Crippen LogP contribution in [0.1, 0.15) is 31.0 Å². The normalized spacial score (nSPS) is 10.8. The molecule has 5 nitrogen and oxygen atoms in total. The van der Waals surface area contributed by atoms with Crippen LogP contribution in [0.15, 0.2) is 59.1 Å². The van der Waals surface area contributed by atoms with Gasteiger partial charge >= 0.3 is 0 Å². The van der Waals surface area contributed by atoms with Crippen molar-refractivity contribution in [1.29, 1.82) is 0 Å². The molecule has 134 valence electrons. The summed E-state index contributed by atoms with van der Waals surface area (Å²) in [5, 5.41) is 6.87. The summed E-state index contributed by atoms with van der Waals surface area (Å²) in [5.41, 5.74) is 3.49. The lowest BCUT2D eigenvalue weighted by Gasteiger charge is -2.07. The van der Waals surface area contributed by atoms with Crippen molar-refractivity contribution in [1.82, 2.24) is 5.16 Å². The van der Waals surface area contributed by atoms with E-state index < -0.39 is 0 Å². The van der Waals surface area contributed by atoms with Crippen LogP contribution in [0, 0.1) is 0 Å². The zero-order chi connectivity index (χ0) is 18.5. The second-order valence-corrected chi connectivity index (χ2v) is 6.41. The van der Waals surface area contributed by atoms with Crippen LogP contribution >= 0.6 is 0 Å². The number of rotatable bonds is 6. The van der Waals surface area contributed by atoms with Crippen molar-refractivity contribution in [3.63, 3.8) is 0 Å². The maximum absolute atomic E-state index is 12.2. The second-order valence-electron chi connectivity index (χ2n) is 6.41. The van der Waals surface area contributed by atoms with Crippen molar-refractivity contribution in [2.45, 2.75) is 26.2 Å². The van der Waals surface area contributed by atoms with Crippen LogP contribution in [0.2, 0.25) is 0 Å². The molecule has 0 atom stereocenters. The Balaban J connectivity index is 1.61. The second kappa shape index (κ2) is 7.87. The van der Waals surface area contributed by atoms with E-state index in [-0.39, 0.29) is 12.3 Å². The molecule has 0 saturated heterocycles. The van der Waals surface area contributed by atoms with E-state index in [2.05, 4.69) is 24.3 Å². The van der Waals surface area contributed by atoms with Crippen LogP contribution < -0.4 is 10.1 Å². The number of nitrogens with zero attached hydrogens (tertiary/aromatic N) is 1. The fourth-order valence-electron chi connectivity index (χ4n) is 2.61. The SMILES string of the molecule is COc1ccc(-c2cc(CC(=O)Nc3ccc(C(C)C)cc3)no2)cc1. The number of carbonyl (C=O) groups is 1. The Morgan fingerprint density at radius 3 is 2.42 bits per heavy atom. The molecule has 1 aromatic heterocycles. The zero-order valence-corrected chi connectivity index (χ0v) is 15.2. The Morgan fingerprint density at radius 1 is 1.12 bits per heavy atom. The van der Waals surface area contributed by atoms with Crippen LogP contribution in [0.5, 0.6) is 5.75 Å². The minimum Gasteiger partial charge on any atom is -0.497 e. The van der Waals surface area contributed by atoms with Gasteiger partial charge in [-0.3, -0.25) is 4.79 Å². The number of carbonyl (C=O) groups excluding carboxylic acids is 1. The third-order valence-corrected chi connectivity index (χ3v) is 4.14. The highest BCUT2D eigenvalue weighted by Gasteiger charge is 2.11. The molecule has 1 amide bonds. The molecule has 3 rings (SSSR count). The van der Waals surface area contributed by atoms with E-state index in [4.69, 9.17) is 9.26 Å². The van der Waals surface area contributed by atoms with E-state index in [1.165, 1.54) is 5.56 Å². The first-order valence-electron chi connectivity index (χ1n) is 8.55. The van der Waals surface area contributed by atoms with Gasteiger partial charge in [0.05, 0.1) is 19.2 Å². The van der Waals surface area contributed by atoms with Crippen LogP contribution in [0.3, 0.4) is 0 Å². The van der Waals surface area contributed by atoms with Gasteiger partial charge in [-0.1, -0.05) is 31.1 Å². The molecule has 3 aromatic rings. The molecule has 5 heteroatoms. The number of aromatic nitrogens is 1. The highest BCUT2D eigenvalue weighted by Crippen LogP contribution is 2.23. The topological polar surface area (TPSA) is 64.4 Å². The van der Waals surface area contributed by atoms with Gasteiger partial charge in [0, 0.05) is 17.3 Å². The van der Waals surface area contributed by atoms with Gasteiger partial charge in [-0.25, -0.2) is 0 Å². The van der Waals surface area contributed by atoms with Gasteiger partial charge < -0.3 is 14.6 Å². The summed E-state index contributed by atoms with van der Waals surface area (Å²) >= 11 is 0. The highest BCUT2D eigenvalue weighted by molar-refractivity contribution is 5.92. The minimum atomic E-state index is -0.128. The van der Waals surface area contributed by atoms with Crippen molar-refractivity contribution >= 4 is 11.6 Å². The van der Waals surface area contributed by atoms with Crippen molar-refractivity contribution in [2.24, 2.45) is 0 Å². The van der Waals surface area contributed by atoms with Crippen molar-refractivity contribution < 1.29 is 14.1 Å².